The average molecular weight is 373 g/mol. The standard InChI is InChI=1S/C20H28N4OS/c1-21-20-23-18(15-26-20)14-24-11-5-8-17(13-24)12-22-19(25)10-9-16-6-3-2-4-7-16/h2-4,6-7,15,17H,5,8-14H2,1H3,(H,21,23)(H,22,25)/t17-/m1/s1. The maximum Gasteiger partial charge on any atom is 0.220 e. The van der Waals surface area contributed by atoms with E-state index < -0.39 is 0 Å². The molecule has 1 aliphatic heterocycles. The molecule has 1 atom stereocenters. The Labute approximate surface area is 159 Å². The van der Waals surface area contributed by atoms with Gasteiger partial charge >= 0.3 is 0 Å². The molecule has 2 N–H and O–H groups in total. The molecular formula is C20H28N4OS. The highest BCUT2D eigenvalue weighted by Gasteiger charge is 2.21. The van der Waals surface area contributed by atoms with Crippen molar-refractivity contribution in [1.29, 1.82) is 0 Å². The molecule has 0 aliphatic carbocycles. The van der Waals surface area contributed by atoms with E-state index in [2.05, 4.69) is 38.0 Å². The number of aromatic nitrogens is 1. The number of carbonyl (C=O) groups is 1. The SMILES string of the molecule is CNc1nc(CN2CCC[C@H](CNC(=O)CCc3ccccc3)C2)cs1. The maximum absolute atomic E-state index is 12.1. The Morgan fingerprint density at radius 2 is 2.19 bits per heavy atom. The topological polar surface area (TPSA) is 57.3 Å². The predicted octanol–water partition coefficient (Wildman–Crippen LogP) is 3.15. The number of anilines is 1. The Morgan fingerprint density at radius 1 is 1.35 bits per heavy atom. The molecule has 0 spiro atoms. The molecule has 0 unspecified atom stereocenters. The number of benzene rings is 1. The molecule has 140 valence electrons. The van der Waals surface area contributed by atoms with Gasteiger partial charge in [0.25, 0.3) is 0 Å². The number of amides is 1. The van der Waals surface area contributed by atoms with E-state index in [0.29, 0.717) is 12.3 Å². The van der Waals surface area contributed by atoms with E-state index in [1.165, 1.54) is 18.4 Å². The highest BCUT2D eigenvalue weighted by atomic mass is 32.1. The average Bonchev–Trinajstić information content (AvgIpc) is 3.13. The number of piperidine rings is 1. The van der Waals surface area contributed by atoms with Crippen molar-refractivity contribution in [1.82, 2.24) is 15.2 Å². The summed E-state index contributed by atoms with van der Waals surface area (Å²) in [5.41, 5.74) is 2.35. The summed E-state index contributed by atoms with van der Waals surface area (Å²) in [6.45, 7) is 3.83. The minimum Gasteiger partial charge on any atom is -0.365 e. The van der Waals surface area contributed by atoms with Crippen molar-refractivity contribution in [3.63, 3.8) is 0 Å². The molecule has 2 heterocycles. The summed E-state index contributed by atoms with van der Waals surface area (Å²) >= 11 is 1.65. The quantitative estimate of drug-likeness (QED) is 0.747. The second-order valence-electron chi connectivity index (χ2n) is 6.93. The third-order valence-corrected chi connectivity index (χ3v) is 5.73. The molecule has 1 amide bonds. The zero-order valence-corrected chi connectivity index (χ0v) is 16.2. The molecule has 1 saturated heterocycles. The van der Waals surface area contributed by atoms with Crippen LogP contribution in [0.1, 0.15) is 30.5 Å². The number of hydrogen-bond acceptors (Lipinski definition) is 5. The van der Waals surface area contributed by atoms with E-state index in [0.717, 1.165) is 43.4 Å². The minimum absolute atomic E-state index is 0.157. The summed E-state index contributed by atoms with van der Waals surface area (Å²) in [7, 11) is 1.90. The number of carbonyl (C=O) groups excluding carboxylic acids is 1. The zero-order valence-electron chi connectivity index (χ0n) is 15.4. The largest absolute Gasteiger partial charge is 0.365 e. The van der Waals surface area contributed by atoms with Crippen LogP contribution in [0.15, 0.2) is 35.7 Å². The molecule has 1 aromatic heterocycles. The lowest BCUT2D eigenvalue weighted by molar-refractivity contribution is -0.121. The fourth-order valence-electron chi connectivity index (χ4n) is 3.43. The van der Waals surface area contributed by atoms with Crippen molar-refractivity contribution in [2.45, 2.75) is 32.2 Å². The van der Waals surface area contributed by atoms with Crippen LogP contribution in [0.25, 0.3) is 0 Å². The van der Waals surface area contributed by atoms with Crippen LogP contribution in [0.5, 0.6) is 0 Å². The van der Waals surface area contributed by atoms with Crippen LogP contribution in [-0.4, -0.2) is 42.5 Å². The number of likely N-dealkylation sites (tertiary alicyclic amines) is 1. The Kier molecular flexibility index (Phi) is 7.03. The van der Waals surface area contributed by atoms with Gasteiger partial charge < -0.3 is 10.6 Å². The van der Waals surface area contributed by atoms with E-state index in [1.807, 2.05) is 25.2 Å². The summed E-state index contributed by atoms with van der Waals surface area (Å²) in [4.78, 5) is 19.2. The second kappa shape index (κ2) is 9.69. The molecule has 2 aromatic rings. The van der Waals surface area contributed by atoms with Gasteiger partial charge in [-0.1, -0.05) is 30.3 Å². The molecule has 1 aromatic carbocycles. The Morgan fingerprint density at radius 3 is 2.96 bits per heavy atom. The third-order valence-electron chi connectivity index (χ3n) is 4.83. The van der Waals surface area contributed by atoms with Crippen LogP contribution in [0.4, 0.5) is 5.13 Å². The summed E-state index contributed by atoms with van der Waals surface area (Å²) in [5.74, 6) is 0.691. The first-order chi connectivity index (χ1) is 12.7. The summed E-state index contributed by atoms with van der Waals surface area (Å²) < 4.78 is 0. The van der Waals surface area contributed by atoms with E-state index in [4.69, 9.17) is 0 Å². The molecule has 5 nitrogen and oxygen atoms in total. The molecule has 1 fully saturated rings. The third kappa shape index (κ3) is 5.81. The first-order valence-electron chi connectivity index (χ1n) is 9.38. The number of nitrogens with one attached hydrogen (secondary N) is 2. The fourth-order valence-corrected chi connectivity index (χ4v) is 4.10. The van der Waals surface area contributed by atoms with Gasteiger partial charge in [0.2, 0.25) is 5.91 Å². The summed E-state index contributed by atoms with van der Waals surface area (Å²) in [6, 6.07) is 10.2. The molecule has 26 heavy (non-hydrogen) atoms. The Balaban J connectivity index is 1.38. The van der Waals surface area contributed by atoms with Crippen molar-refractivity contribution in [3.05, 3.63) is 47.0 Å². The molecule has 0 saturated carbocycles. The first kappa shape index (κ1) is 18.9. The Hall–Kier alpha value is -1.92. The van der Waals surface area contributed by atoms with Gasteiger partial charge in [-0.05, 0) is 37.3 Å². The van der Waals surface area contributed by atoms with Gasteiger partial charge in [-0.3, -0.25) is 9.69 Å². The maximum atomic E-state index is 12.1. The minimum atomic E-state index is 0.157. The highest BCUT2D eigenvalue weighted by molar-refractivity contribution is 7.13. The Bertz CT molecular complexity index is 688. The fraction of sp³-hybridized carbons (Fsp3) is 0.500. The van der Waals surface area contributed by atoms with Crippen molar-refractivity contribution in [2.24, 2.45) is 5.92 Å². The van der Waals surface area contributed by atoms with Gasteiger partial charge in [-0.25, -0.2) is 4.98 Å². The van der Waals surface area contributed by atoms with Crippen LogP contribution < -0.4 is 10.6 Å². The van der Waals surface area contributed by atoms with Crippen LogP contribution in [0.3, 0.4) is 0 Å². The number of hydrogen-bond donors (Lipinski definition) is 2. The van der Waals surface area contributed by atoms with Gasteiger partial charge in [0, 0.05) is 38.5 Å². The van der Waals surface area contributed by atoms with Crippen LogP contribution in [0, 0.1) is 5.92 Å². The lowest BCUT2D eigenvalue weighted by Crippen LogP contribution is -2.40. The van der Waals surface area contributed by atoms with Crippen LogP contribution in [0.2, 0.25) is 0 Å². The van der Waals surface area contributed by atoms with Gasteiger partial charge in [-0.2, -0.15) is 0 Å². The van der Waals surface area contributed by atoms with Crippen molar-refractivity contribution >= 4 is 22.4 Å². The number of thiazole rings is 1. The zero-order chi connectivity index (χ0) is 18.2. The summed E-state index contributed by atoms with van der Waals surface area (Å²) in [6.07, 6.45) is 3.75. The number of nitrogens with zero attached hydrogens (tertiary/aromatic N) is 2. The van der Waals surface area contributed by atoms with Crippen molar-refractivity contribution in [2.75, 3.05) is 32.0 Å². The van der Waals surface area contributed by atoms with Crippen molar-refractivity contribution in [3.8, 4) is 0 Å². The molecule has 3 rings (SSSR count). The lowest BCUT2D eigenvalue weighted by Gasteiger charge is -2.32. The smallest absolute Gasteiger partial charge is 0.220 e. The second-order valence-corrected chi connectivity index (χ2v) is 7.79. The van der Waals surface area contributed by atoms with E-state index in [1.54, 1.807) is 11.3 Å². The summed E-state index contributed by atoms with van der Waals surface area (Å²) in [5, 5.41) is 9.32. The molecule has 0 bridgehead atoms. The predicted molar refractivity (Wildman–Crippen MR) is 107 cm³/mol. The van der Waals surface area contributed by atoms with Crippen LogP contribution in [-0.2, 0) is 17.8 Å². The molecule has 0 radical (unpaired) electrons. The van der Waals surface area contributed by atoms with Crippen molar-refractivity contribution < 1.29 is 4.79 Å². The highest BCUT2D eigenvalue weighted by Crippen LogP contribution is 2.20. The van der Waals surface area contributed by atoms with E-state index in [9.17, 15) is 4.79 Å². The van der Waals surface area contributed by atoms with Crippen LogP contribution >= 0.6 is 11.3 Å². The number of rotatable bonds is 8. The van der Waals surface area contributed by atoms with Gasteiger partial charge in [0.15, 0.2) is 5.13 Å². The normalized spacial score (nSPS) is 17.8. The van der Waals surface area contributed by atoms with E-state index >= 15 is 0 Å². The lowest BCUT2D eigenvalue weighted by atomic mass is 9.97. The molecular weight excluding hydrogens is 344 g/mol. The molecule has 6 heteroatoms. The first-order valence-corrected chi connectivity index (χ1v) is 10.3. The molecule has 1 aliphatic rings. The number of aryl methyl sites for hydroxylation is 1. The van der Waals surface area contributed by atoms with E-state index in [-0.39, 0.29) is 5.91 Å². The monoisotopic (exact) mass is 372 g/mol. The van der Waals surface area contributed by atoms with Gasteiger partial charge in [0.05, 0.1) is 5.69 Å². The van der Waals surface area contributed by atoms with Gasteiger partial charge in [-0.15, -0.1) is 11.3 Å². The van der Waals surface area contributed by atoms with Gasteiger partial charge in [0.1, 0.15) is 0 Å².